The number of hydrogen-bond acceptors (Lipinski definition) is 3. The molecular weight excluding hydrogens is 261 g/mol. The van der Waals surface area contributed by atoms with Crippen molar-refractivity contribution in [2.24, 2.45) is 5.92 Å². The number of alkyl halides is 3. The zero-order valence-corrected chi connectivity index (χ0v) is 11.0. The molecule has 7 heteroatoms. The van der Waals surface area contributed by atoms with Gasteiger partial charge >= 0.3 is 6.18 Å². The molecule has 1 rings (SSSR count). The van der Waals surface area contributed by atoms with Crippen LogP contribution in [-0.2, 0) is 4.79 Å². The molecule has 2 atom stereocenters. The monoisotopic (exact) mass is 282 g/mol. The Morgan fingerprint density at radius 2 is 2.16 bits per heavy atom. The Balaban J connectivity index is 2.55. The Hall–Kier alpha value is -0.820. The topological polar surface area (TPSA) is 52.6 Å². The molecule has 0 radical (unpaired) electrons. The van der Waals surface area contributed by atoms with Gasteiger partial charge in [-0.25, -0.2) is 0 Å². The molecule has 4 nitrogen and oxygen atoms in total. The molecular formula is C12H21F3N2O2. The van der Waals surface area contributed by atoms with E-state index in [9.17, 15) is 18.0 Å². The van der Waals surface area contributed by atoms with Crippen molar-refractivity contribution in [3.63, 3.8) is 0 Å². The second-order valence-corrected chi connectivity index (χ2v) is 5.04. The number of rotatable bonds is 5. The minimum Gasteiger partial charge on any atom is -0.395 e. The van der Waals surface area contributed by atoms with Crippen molar-refractivity contribution in [2.75, 3.05) is 26.2 Å². The van der Waals surface area contributed by atoms with Crippen molar-refractivity contribution < 1.29 is 23.1 Å². The predicted octanol–water partition coefficient (Wildman–Crippen LogP) is 1.15. The van der Waals surface area contributed by atoms with Crippen LogP contribution in [0.4, 0.5) is 13.2 Å². The number of aliphatic hydroxyl groups is 1. The quantitative estimate of drug-likeness (QED) is 0.795. The van der Waals surface area contributed by atoms with Gasteiger partial charge in [0.25, 0.3) is 0 Å². The number of nitrogens with zero attached hydrogens (tertiary/aromatic N) is 1. The van der Waals surface area contributed by atoms with Crippen molar-refractivity contribution in [1.29, 1.82) is 0 Å². The molecule has 1 amide bonds. The molecule has 0 spiro atoms. The van der Waals surface area contributed by atoms with Crippen LogP contribution in [0, 0.1) is 5.92 Å². The number of hydrogen-bond donors (Lipinski definition) is 2. The summed E-state index contributed by atoms with van der Waals surface area (Å²) in [6.45, 7) is 0.744. The van der Waals surface area contributed by atoms with Gasteiger partial charge in [-0.2, -0.15) is 13.2 Å². The van der Waals surface area contributed by atoms with Crippen LogP contribution in [0.25, 0.3) is 0 Å². The number of nitrogens with one attached hydrogen (secondary N) is 1. The summed E-state index contributed by atoms with van der Waals surface area (Å²) in [6, 6.07) is -0.0734. The summed E-state index contributed by atoms with van der Waals surface area (Å²) < 4.78 is 37.1. The lowest BCUT2D eigenvalue weighted by Crippen LogP contribution is -2.47. The summed E-state index contributed by atoms with van der Waals surface area (Å²) in [5.74, 6) is -0.280. The van der Waals surface area contributed by atoms with Gasteiger partial charge in [0, 0.05) is 19.0 Å². The third kappa shape index (κ3) is 5.78. The smallest absolute Gasteiger partial charge is 0.395 e. The molecule has 0 bridgehead atoms. The normalized spacial score (nSPS) is 24.3. The lowest BCUT2D eigenvalue weighted by molar-refractivity contribution is -0.162. The van der Waals surface area contributed by atoms with E-state index in [1.165, 1.54) is 0 Å². The summed E-state index contributed by atoms with van der Waals surface area (Å²) in [7, 11) is 0. The number of carbonyl (C=O) groups is 1. The first-order chi connectivity index (χ1) is 8.83. The van der Waals surface area contributed by atoms with E-state index in [0.29, 0.717) is 4.90 Å². The van der Waals surface area contributed by atoms with Gasteiger partial charge in [-0.3, -0.25) is 4.79 Å². The molecule has 0 aromatic carbocycles. The van der Waals surface area contributed by atoms with Gasteiger partial charge in [-0.05, 0) is 25.3 Å². The molecule has 1 aliphatic rings. The van der Waals surface area contributed by atoms with E-state index in [2.05, 4.69) is 5.32 Å². The highest BCUT2D eigenvalue weighted by Gasteiger charge is 2.34. The van der Waals surface area contributed by atoms with E-state index in [4.69, 9.17) is 5.11 Å². The van der Waals surface area contributed by atoms with Gasteiger partial charge in [-0.1, -0.05) is 6.92 Å². The number of halogens is 3. The van der Waals surface area contributed by atoms with Crippen LogP contribution < -0.4 is 5.32 Å². The molecule has 19 heavy (non-hydrogen) atoms. The molecule has 1 fully saturated rings. The average molecular weight is 282 g/mol. The van der Waals surface area contributed by atoms with Crippen molar-refractivity contribution in [1.82, 2.24) is 10.2 Å². The Morgan fingerprint density at radius 1 is 1.47 bits per heavy atom. The lowest BCUT2D eigenvalue weighted by atomic mass is 9.90. The number of amides is 1. The summed E-state index contributed by atoms with van der Waals surface area (Å²) in [5, 5.41) is 11.9. The Morgan fingerprint density at radius 3 is 2.68 bits per heavy atom. The molecule has 2 N–H and O–H groups in total. The second-order valence-electron chi connectivity index (χ2n) is 5.04. The minimum atomic E-state index is -4.43. The van der Waals surface area contributed by atoms with Crippen LogP contribution in [0.15, 0.2) is 0 Å². The van der Waals surface area contributed by atoms with Crippen molar-refractivity contribution in [2.45, 2.75) is 38.4 Å². The Bertz CT molecular complexity index is 297. The highest BCUT2D eigenvalue weighted by atomic mass is 19.4. The summed E-state index contributed by atoms with van der Waals surface area (Å²) in [4.78, 5) is 12.6. The van der Waals surface area contributed by atoms with E-state index in [0.717, 1.165) is 19.4 Å². The largest absolute Gasteiger partial charge is 0.406 e. The van der Waals surface area contributed by atoms with Crippen molar-refractivity contribution in [3.05, 3.63) is 0 Å². The van der Waals surface area contributed by atoms with Crippen molar-refractivity contribution in [3.8, 4) is 0 Å². The van der Waals surface area contributed by atoms with Crippen LogP contribution in [-0.4, -0.2) is 54.4 Å². The Labute approximate surface area is 111 Å². The van der Waals surface area contributed by atoms with Gasteiger partial charge < -0.3 is 15.3 Å². The van der Waals surface area contributed by atoms with Crippen LogP contribution in [0.3, 0.4) is 0 Å². The molecule has 1 heterocycles. The first kappa shape index (κ1) is 16.2. The summed E-state index contributed by atoms with van der Waals surface area (Å²) >= 11 is 0. The number of aliphatic hydroxyl groups excluding tert-OH is 1. The maximum absolute atomic E-state index is 12.4. The maximum Gasteiger partial charge on any atom is 0.406 e. The average Bonchev–Trinajstić information content (AvgIpc) is 2.30. The summed E-state index contributed by atoms with van der Waals surface area (Å²) in [5.41, 5.74) is 0. The van der Waals surface area contributed by atoms with Crippen LogP contribution in [0.1, 0.15) is 26.2 Å². The third-order valence-corrected chi connectivity index (χ3v) is 3.42. The van der Waals surface area contributed by atoms with E-state index >= 15 is 0 Å². The Kier molecular flexibility index (Phi) is 6.06. The van der Waals surface area contributed by atoms with E-state index < -0.39 is 25.2 Å². The molecule has 1 aliphatic heterocycles. The molecule has 0 aromatic heterocycles. The fourth-order valence-electron chi connectivity index (χ4n) is 2.33. The fraction of sp³-hybridized carbons (Fsp3) is 0.917. The maximum atomic E-state index is 12.4. The predicted molar refractivity (Wildman–Crippen MR) is 64.5 cm³/mol. The van der Waals surface area contributed by atoms with E-state index in [-0.39, 0.29) is 24.9 Å². The van der Waals surface area contributed by atoms with E-state index in [1.807, 2.05) is 6.92 Å². The molecule has 2 unspecified atom stereocenters. The number of piperidine rings is 1. The second kappa shape index (κ2) is 7.09. The van der Waals surface area contributed by atoms with Gasteiger partial charge in [0.05, 0.1) is 6.61 Å². The zero-order chi connectivity index (χ0) is 14.5. The SMILES string of the molecule is CC1CCCNC1CC(=O)N(CCO)CC(F)(F)F. The van der Waals surface area contributed by atoms with Gasteiger partial charge in [0.1, 0.15) is 6.54 Å². The van der Waals surface area contributed by atoms with Gasteiger partial charge in [0.2, 0.25) is 5.91 Å². The highest BCUT2D eigenvalue weighted by molar-refractivity contribution is 5.77. The van der Waals surface area contributed by atoms with E-state index in [1.54, 1.807) is 0 Å². The molecule has 0 saturated carbocycles. The first-order valence-corrected chi connectivity index (χ1v) is 6.52. The fourth-order valence-corrected chi connectivity index (χ4v) is 2.33. The molecule has 0 aliphatic carbocycles. The van der Waals surface area contributed by atoms with Crippen LogP contribution >= 0.6 is 0 Å². The van der Waals surface area contributed by atoms with Gasteiger partial charge in [0.15, 0.2) is 0 Å². The molecule has 112 valence electrons. The first-order valence-electron chi connectivity index (χ1n) is 6.52. The zero-order valence-electron chi connectivity index (χ0n) is 11.0. The van der Waals surface area contributed by atoms with Crippen LogP contribution in [0.5, 0.6) is 0 Å². The van der Waals surface area contributed by atoms with Gasteiger partial charge in [-0.15, -0.1) is 0 Å². The van der Waals surface area contributed by atoms with Crippen molar-refractivity contribution >= 4 is 5.91 Å². The molecule has 0 aromatic rings. The standard InChI is InChI=1S/C12H21F3N2O2/c1-9-3-2-4-16-10(9)7-11(19)17(5-6-18)8-12(13,14)15/h9-10,16,18H,2-8H2,1H3. The third-order valence-electron chi connectivity index (χ3n) is 3.42. The highest BCUT2D eigenvalue weighted by Crippen LogP contribution is 2.21. The molecule has 1 saturated heterocycles. The summed E-state index contributed by atoms with van der Waals surface area (Å²) in [6.07, 6.45) is -2.38. The van der Waals surface area contributed by atoms with Crippen LogP contribution in [0.2, 0.25) is 0 Å². The number of carbonyl (C=O) groups excluding carboxylic acids is 1. The lowest BCUT2D eigenvalue weighted by Gasteiger charge is -2.32. The minimum absolute atomic E-state index is 0.0528.